The van der Waals surface area contributed by atoms with Crippen molar-refractivity contribution in [1.82, 2.24) is 5.32 Å². The van der Waals surface area contributed by atoms with Crippen LogP contribution in [0.1, 0.15) is 29.7 Å². The van der Waals surface area contributed by atoms with Crippen LogP contribution in [0.3, 0.4) is 0 Å². The number of ether oxygens (including phenoxy) is 2. The number of rotatable bonds is 9. The summed E-state index contributed by atoms with van der Waals surface area (Å²) in [6.45, 7) is 5.28. The van der Waals surface area contributed by atoms with Crippen LogP contribution in [0.5, 0.6) is 11.5 Å². The van der Waals surface area contributed by atoms with E-state index in [0.717, 1.165) is 21.0 Å². The molecule has 0 saturated heterocycles. The van der Waals surface area contributed by atoms with E-state index in [2.05, 4.69) is 5.32 Å². The zero-order valence-corrected chi connectivity index (χ0v) is 20.8. The van der Waals surface area contributed by atoms with E-state index >= 15 is 0 Å². The first-order chi connectivity index (χ1) is 16.2. The molecule has 8 heteroatoms. The molecule has 0 saturated carbocycles. The lowest BCUT2D eigenvalue weighted by Gasteiger charge is -2.26. The third kappa shape index (κ3) is 5.51. The van der Waals surface area contributed by atoms with Crippen LogP contribution < -0.4 is 19.1 Å². The molecule has 0 aromatic heterocycles. The fourth-order valence-electron chi connectivity index (χ4n) is 3.59. The van der Waals surface area contributed by atoms with Gasteiger partial charge in [0.25, 0.3) is 10.0 Å². The summed E-state index contributed by atoms with van der Waals surface area (Å²) >= 11 is 0. The van der Waals surface area contributed by atoms with Gasteiger partial charge in [0.05, 0.1) is 30.8 Å². The van der Waals surface area contributed by atoms with Crippen LogP contribution in [-0.2, 0) is 14.8 Å². The summed E-state index contributed by atoms with van der Waals surface area (Å²) in [5.74, 6) is 0.770. The molecule has 3 aromatic carbocycles. The number of anilines is 1. The lowest BCUT2D eigenvalue weighted by Crippen LogP contribution is -2.41. The van der Waals surface area contributed by atoms with E-state index in [9.17, 15) is 13.2 Å². The van der Waals surface area contributed by atoms with E-state index in [-0.39, 0.29) is 11.4 Å². The molecule has 0 fully saturated rings. The second-order valence-electron chi connectivity index (χ2n) is 7.99. The van der Waals surface area contributed by atoms with Crippen molar-refractivity contribution < 1.29 is 22.7 Å². The molecule has 1 amide bonds. The van der Waals surface area contributed by atoms with Gasteiger partial charge >= 0.3 is 0 Å². The first kappa shape index (κ1) is 25.1. The molecule has 0 radical (unpaired) electrons. The van der Waals surface area contributed by atoms with Gasteiger partial charge in [-0.1, -0.05) is 24.3 Å². The number of methoxy groups -OCH3 is 2. The van der Waals surface area contributed by atoms with Crippen LogP contribution in [0.25, 0.3) is 0 Å². The smallest absolute Gasteiger partial charge is 0.264 e. The maximum atomic E-state index is 13.5. The Morgan fingerprint density at radius 3 is 2.26 bits per heavy atom. The van der Waals surface area contributed by atoms with Crippen molar-refractivity contribution in [2.24, 2.45) is 0 Å². The maximum absolute atomic E-state index is 13.5. The van der Waals surface area contributed by atoms with Gasteiger partial charge in [0.2, 0.25) is 5.91 Å². The van der Waals surface area contributed by atoms with Crippen LogP contribution in [0.4, 0.5) is 5.69 Å². The molecule has 3 aromatic rings. The third-order valence-electron chi connectivity index (χ3n) is 5.68. The minimum absolute atomic E-state index is 0.114. The summed E-state index contributed by atoms with van der Waals surface area (Å²) in [4.78, 5) is 13.2. The quantitative estimate of drug-likeness (QED) is 0.489. The molecule has 0 heterocycles. The SMILES string of the molecule is COc1ccc(OC)c(C(C)NC(=O)CN(c2ccc(C)c(C)c2)S(=O)(=O)c2ccccc2)c1. The van der Waals surface area contributed by atoms with Gasteiger partial charge in [0.15, 0.2) is 0 Å². The van der Waals surface area contributed by atoms with Crippen molar-refractivity contribution in [2.75, 3.05) is 25.1 Å². The average molecular weight is 483 g/mol. The predicted octanol–water partition coefficient (Wildman–Crippen LogP) is 4.39. The standard InChI is InChI=1S/C26H30N2O5S/c1-18-11-12-21(15-19(18)2)28(34(30,31)23-9-7-6-8-10-23)17-26(29)27-20(3)24-16-22(32-4)13-14-25(24)33-5/h6-16,20H,17H2,1-5H3,(H,27,29). The summed E-state index contributed by atoms with van der Waals surface area (Å²) in [5.41, 5.74) is 3.11. The summed E-state index contributed by atoms with van der Waals surface area (Å²) in [6, 6.07) is 18.3. The number of carbonyl (C=O) groups is 1. The number of nitrogens with zero attached hydrogens (tertiary/aromatic N) is 1. The molecule has 0 aliphatic rings. The zero-order valence-electron chi connectivity index (χ0n) is 20.0. The van der Waals surface area contributed by atoms with Crippen molar-refractivity contribution in [3.05, 3.63) is 83.4 Å². The Morgan fingerprint density at radius 2 is 1.65 bits per heavy atom. The van der Waals surface area contributed by atoms with E-state index in [1.54, 1.807) is 69.7 Å². The average Bonchev–Trinajstić information content (AvgIpc) is 2.84. The summed E-state index contributed by atoms with van der Waals surface area (Å²) in [7, 11) is -0.865. The second-order valence-corrected chi connectivity index (χ2v) is 9.85. The highest BCUT2D eigenvalue weighted by Crippen LogP contribution is 2.30. The van der Waals surface area contributed by atoms with Gasteiger partial charge in [-0.15, -0.1) is 0 Å². The van der Waals surface area contributed by atoms with E-state index in [4.69, 9.17) is 9.47 Å². The number of aryl methyl sites for hydroxylation is 2. The number of amides is 1. The van der Waals surface area contributed by atoms with Gasteiger partial charge < -0.3 is 14.8 Å². The summed E-state index contributed by atoms with van der Waals surface area (Å²) in [5, 5.41) is 2.89. The highest BCUT2D eigenvalue weighted by atomic mass is 32.2. The Morgan fingerprint density at radius 1 is 0.941 bits per heavy atom. The highest BCUT2D eigenvalue weighted by Gasteiger charge is 2.28. The van der Waals surface area contributed by atoms with Gasteiger partial charge in [-0.05, 0) is 74.4 Å². The van der Waals surface area contributed by atoms with E-state index in [1.807, 2.05) is 19.9 Å². The molecule has 1 atom stereocenters. The van der Waals surface area contributed by atoms with E-state index in [1.165, 1.54) is 12.1 Å². The molecule has 0 bridgehead atoms. The molecular formula is C26H30N2O5S. The number of nitrogens with one attached hydrogen (secondary N) is 1. The number of sulfonamides is 1. The lowest BCUT2D eigenvalue weighted by atomic mass is 10.1. The van der Waals surface area contributed by atoms with Crippen molar-refractivity contribution >= 4 is 21.6 Å². The Hall–Kier alpha value is -3.52. The van der Waals surface area contributed by atoms with Crippen LogP contribution in [0.2, 0.25) is 0 Å². The maximum Gasteiger partial charge on any atom is 0.264 e. The van der Waals surface area contributed by atoms with Crippen LogP contribution in [0.15, 0.2) is 71.6 Å². The van der Waals surface area contributed by atoms with Gasteiger partial charge in [0.1, 0.15) is 18.0 Å². The topological polar surface area (TPSA) is 84.9 Å². The molecule has 7 nitrogen and oxygen atoms in total. The zero-order chi connectivity index (χ0) is 24.9. The largest absolute Gasteiger partial charge is 0.497 e. The molecule has 3 rings (SSSR count). The van der Waals surface area contributed by atoms with Crippen LogP contribution >= 0.6 is 0 Å². The van der Waals surface area contributed by atoms with Gasteiger partial charge in [0, 0.05) is 5.56 Å². The second kappa shape index (κ2) is 10.6. The van der Waals surface area contributed by atoms with Gasteiger partial charge in [-0.2, -0.15) is 0 Å². The molecule has 34 heavy (non-hydrogen) atoms. The summed E-state index contributed by atoms with van der Waals surface area (Å²) in [6.07, 6.45) is 0. The van der Waals surface area contributed by atoms with Gasteiger partial charge in [-0.25, -0.2) is 8.42 Å². The number of hydrogen-bond donors (Lipinski definition) is 1. The number of hydrogen-bond acceptors (Lipinski definition) is 5. The lowest BCUT2D eigenvalue weighted by molar-refractivity contribution is -0.120. The highest BCUT2D eigenvalue weighted by molar-refractivity contribution is 7.92. The first-order valence-electron chi connectivity index (χ1n) is 10.8. The fraction of sp³-hybridized carbons (Fsp3) is 0.269. The Balaban J connectivity index is 1.92. The van der Waals surface area contributed by atoms with Crippen molar-refractivity contribution in [1.29, 1.82) is 0 Å². The first-order valence-corrected chi connectivity index (χ1v) is 12.3. The third-order valence-corrected chi connectivity index (χ3v) is 7.47. The Kier molecular flexibility index (Phi) is 7.83. The van der Waals surface area contributed by atoms with Crippen molar-refractivity contribution in [2.45, 2.75) is 31.7 Å². The van der Waals surface area contributed by atoms with E-state index in [0.29, 0.717) is 17.2 Å². The van der Waals surface area contributed by atoms with Gasteiger partial charge in [-0.3, -0.25) is 9.10 Å². The molecule has 1 unspecified atom stereocenters. The van der Waals surface area contributed by atoms with Crippen LogP contribution in [0, 0.1) is 13.8 Å². The molecule has 0 aliphatic carbocycles. The minimum atomic E-state index is -3.97. The minimum Gasteiger partial charge on any atom is -0.497 e. The fourth-order valence-corrected chi connectivity index (χ4v) is 5.02. The van der Waals surface area contributed by atoms with Crippen LogP contribution in [-0.4, -0.2) is 35.1 Å². The Bertz CT molecular complexity index is 1260. The molecule has 0 spiro atoms. The predicted molar refractivity (Wildman–Crippen MR) is 133 cm³/mol. The molecular weight excluding hydrogens is 452 g/mol. The van der Waals surface area contributed by atoms with Crippen molar-refractivity contribution in [3.8, 4) is 11.5 Å². The molecule has 0 aliphatic heterocycles. The number of benzene rings is 3. The number of carbonyl (C=O) groups excluding carboxylic acids is 1. The monoisotopic (exact) mass is 482 g/mol. The normalized spacial score (nSPS) is 12.0. The van der Waals surface area contributed by atoms with Crippen molar-refractivity contribution in [3.63, 3.8) is 0 Å². The van der Waals surface area contributed by atoms with E-state index < -0.39 is 22.0 Å². The molecule has 180 valence electrons. The summed E-state index contributed by atoms with van der Waals surface area (Å²) < 4.78 is 38.9. The Labute approximate surface area is 201 Å². The molecule has 1 N–H and O–H groups in total.